The monoisotopic (exact) mass is 376 g/mol. The van der Waals surface area contributed by atoms with E-state index >= 15 is 0 Å². The fourth-order valence-electron chi connectivity index (χ4n) is 1.69. The Morgan fingerprint density at radius 1 is 1.43 bits per heavy atom. The molecule has 0 spiro atoms. The van der Waals surface area contributed by atoms with E-state index in [0.29, 0.717) is 11.4 Å². The summed E-state index contributed by atoms with van der Waals surface area (Å²) in [6.07, 6.45) is -0.113. The van der Waals surface area contributed by atoms with E-state index in [2.05, 4.69) is 21.2 Å². The Hall–Kier alpha value is -1.41. The molecule has 0 saturated carbocycles. The third kappa shape index (κ3) is 5.47. The van der Waals surface area contributed by atoms with Crippen molar-refractivity contribution in [2.45, 2.75) is 26.3 Å². The molecule has 2 amide bonds. The number of likely N-dealkylation sites (N-methyl/N-ethyl adjacent to an activating group) is 1. The molecule has 1 rings (SSSR count). The van der Waals surface area contributed by atoms with Gasteiger partial charge in [0.05, 0.1) is 15.1 Å². The smallest absolute Gasteiger partial charge is 0.305 e. The Morgan fingerprint density at radius 2 is 2.10 bits per heavy atom. The molecule has 0 fully saturated rings. The van der Waals surface area contributed by atoms with Gasteiger partial charge in [-0.3, -0.25) is 14.4 Å². The van der Waals surface area contributed by atoms with Gasteiger partial charge in [-0.05, 0) is 41.9 Å². The molecule has 0 aliphatic rings. The highest BCUT2D eigenvalue weighted by atomic mass is 79.9. The Labute approximate surface area is 135 Å². The molecule has 1 aromatic rings. The van der Waals surface area contributed by atoms with Gasteiger partial charge in [0, 0.05) is 13.1 Å². The first-order chi connectivity index (χ1) is 9.85. The molecule has 2 N–H and O–H groups in total. The summed E-state index contributed by atoms with van der Waals surface area (Å²) in [5, 5.41) is 11.3. The third-order valence-electron chi connectivity index (χ3n) is 2.80. The van der Waals surface area contributed by atoms with Crippen molar-refractivity contribution in [3.05, 3.63) is 20.8 Å². The lowest BCUT2D eigenvalue weighted by molar-refractivity contribution is -0.138. The van der Waals surface area contributed by atoms with Crippen LogP contribution in [0.2, 0.25) is 0 Å². The van der Waals surface area contributed by atoms with Crippen LogP contribution in [0.25, 0.3) is 0 Å². The molecule has 0 aromatic carbocycles. The van der Waals surface area contributed by atoms with Crippen molar-refractivity contribution in [1.82, 2.24) is 10.2 Å². The van der Waals surface area contributed by atoms with E-state index in [4.69, 9.17) is 5.11 Å². The number of carboxylic acid groups (broad SMARTS) is 1. The van der Waals surface area contributed by atoms with Gasteiger partial charge in [-0.1, -0.05) is 0 Å². The molecule has 0 radical (unpaired) electrons. The predicted molar refractivity (Wildman–Crippen MR) is 83.5 cm³/mol. The van der Waals surface area contributed by atoms with Gasteiger partial charge in [0.15, 0.2) is 0 Å². The Balaban J connectivity index is 2.60. The number of carbonyl (C=O) groups is 3. The molecule has 1 heterocycles. The molecular formula is C13H17BrN2O4S. The lowest BCUT2D eigenvalue weighted by Crippen LogP contribution is -2.47. The van der Waals surface area contributed by atoms with Crippen molar-refractivity contribution in [3.63, 3.8) is 0 Å². The van der Waals surface area contributed by atoms with Crippen LogP contribution < -0.4 is 5.32 Å². The second kappa shape index (κ2) is 8.14. The van der Waals surface area contributed by atoms with Crippen LogP contribution in [0, 0.1) is 0 Å². The van der Waals surface area contributed by atoms with Gasteiger partial charge in [-0.15, -0.1) is 11.3 Å². The number of rotatable bonds is 7. The minimum absolute atomic E-state index is 0.113. The fraction of sp³-hybridized carbons (Fsp3) is 0.462. The van der Waals surface area contributed by atoms with Gasteiger partial charge in [0.2, 0.25) is 5.91 Å². The van der Waals surface area contributed by atoms with E-state index in [1.54, 1.807) is 26.0 Å². The lowest BCUT2D eigenvalue weighted by Gasteiger charge is -2.24. The number of thiophene rings is 1. The number of halogens is 1. The van der Waals surface area contributed by atoms with Gasteiger partial charge in [0.1, 0.15) is 6.04 Å². The number of nitrogens with zero attached hydrogens (tertiary/aromatic N) is 1. The van der Waals surface area contributed by atoms with Gasteiger partial charge in [-0.25, -0.2) is 0 Å². The van der Waals surface area contributed by atoms with E-state index in [9.17, 15) is 14.4 Å². The molecule has 6 nitrogen and oxygen atoms in total. The fourth-order valence-corrected chi connectivity index (χ4v) is 2.98. The average Bonchev–Trinajstić information content (AvgIpc) is 2.85. The third-order valence-corrected chi connectivity index (χ3v) is 4.43. The van der Waals surface area contributed by atoms with Crippen LogP contribution in [-0.4, -0.2) is 46.9 Å². The van der Waals surface area contributed by atoms with E-state index in [-0.39, 0.29) is 24.8 Å². The average molecular weight is 377 g/mol. The van der Waals surface area contributed by atoms with Crippen LogP contribution in [0.4, 0.5) is 0 Å². The zero-order chi connectivity index (χ0) is 16.0. The van der Waals surface area contributed by atoms with Crippen molar-refractivity contribution in [1.29, 1.82) is 0 Å². The summed E-state index contributed by atoms with van der Waals surface area (Å²) in [7, 11) is 0. The summed E-state index contributed by atoms with van der Waals surface area (Å²) in [6.45, 7) is 3.89. The molecule has 8 heteroatoms. The highest BCUT2D eigenvalue weighted by Gasteiger charge is 2.22. The molecule has 21 heavy (non-hydrogen) atoms. The summed E-state index contributed by atoms with van der Waals surface area (Å²) in [6, 6.07) is 2.73. The predicted octanol–water partition coefficient (Wildman–Crippen LogP) is 1.95. The molecule has 1 atom stereocenters. The maximum absolute atomic E-state index is 12.2. The maximum Gasteiger partial charge on any atom is 0.305 e. The summed E-state index contributed by atoms with van der Waals surface area (Å²) < 4.78 is 0.836. The minimum Gasteiger partial charge on any atom is -0.481 e. The highest BCUT2D eigenvalue weighted by Crippen LogP contribution is 2.21. The van der Waals surface area contributed by atoms with E-state index in [1.807, 2.05) is 0 Å². The number of carbonyl (C=O) groups excluding carboxylic acids is 2. The number of carboxylic acids is 1. The Kier molecular flexibility index (Phi) is 6.83. The van der Waals surface area contributed by atoms with Gasteiger partial charge in [0.25, 0.3) is 5.91 Å². The molecule has 1 unspecified atom stereocenters. The van der Waals surface area contributed by atoms with Crippen molar-refractivity contribution >= 4 is 45.1 Å². The van der Waals surface area contributed by atoms with Crippen LogP contribution in [0.5, 0.6) is 0 Å². The molecule has 0 aliphatic carbocycles. The molecular weight excluding hydrogens is 360 g/mol. The summed E-state index contributed by atoms with van der Waals surface area (Å²) in [5.41, 5.74) is 0. The van der Waals surface area contributed by atoms with Crippen molar-refractivity contribution < 1.29 is 19.5 Å². The van der Waals surface area contributed by atoms with Gasteiger partial charge >= 0.3 is 5.97 Å². The van der Waals surface area contributed by atoms with Crippen LogP contribution in [0.15, 0.2) is 15.9 Å². The van der Waals surface area contributed by atoms with Crippen LogP contribution in [-0.2, 0) is 9.59 Å². The Bertz CT molecular complexity index is 532. The molecule has 116 valence electrons. The first-order valence-corrected chi connectivity index (χ1v) is 8.02. The van der Waals surface area contributed by atoms with E-state index in [1.165, 1.54) is 16.2 Å². The summed E-state index contributed by atoms with van der Waals surface area (Å²) in [5.74, 6) is -1.56. The normalized spacial score (nSPS) is 11.8. The lowest BCUT2D eigenvalue weighted by atomic mass is 10.2. The Morgan fingerprint density at radius 3 is 2.57 bits per heavy atom. The van der Waals surface area contributed by atoms with Gasteiger partial charge in [-0.2, -0.15) is 0 Å². The highest BCUT2D eigenvalue weighted by molar-refractivity contribution is 9.11. The topological polar surface area (TPSA) is 86.7 Å². The first-order valence-electron chi connectivity index (χ1n) is 6.42. The second-order valence-electron chi connectivity index (χ2n) is 4.36. The number of amides is 2. The number of nitrogens with one attached hydrogen (secondary N) is 1. The quantitative estimate of drug-likeness (QED) is 0.761. The second-order valence-corrected chi connectivity index (χ2v) is 6.82. The van der Waals surface area contributed by atoms with Crippen LogP contribution in [0.3, 0.4) is 0 Å². The van der Waals surface area contributed by atoms with Crippen molar-refractivity contribution in [2.75, 3.05) is 13.1 Å². The van der Waals surface area contributed by atoms with Crippen LogP contribution in [0.1, 0.15) is 29.9 Å². The van der Waals surface area contributed by atoms with Crippen molar-refractivity contribution in [3.8, 4) is 0 Å². The number of hydrogen-bond donors (Lipinski definition) is 2. The zero-order valence-electron chi connectivity index (χ0n) is 11.8. The van der Waals surface area contributed by atoms with Crippen molar-refractivity contribution in [2.24, 2.45) is 0 Å². The van der Waals surface area contributed by atoms with Gasteiger partial charge < -0.3 is 15.3 Å². The summed E-state index contributed by atoms with van der Waals surface area (Å²) in [4.78, 5) is 36.6. The largest absolute Gasteiger partial charge is 0.481 e. The maximum atomic E-state index is 12.2. The van der Waals surface area contributed by atoms with E-state index < -0.39 is 12.0 Å². The standard InChI is InChI=1S/C13H17BrN2O4S/c1-3-16(7-6-11(17)18)13(20)8(2)15-12(19)9-4-5-10(14)21-9/h4-5,8H,3,6-7H2,1-2H3,(H,15,19)(H,17,18). The zero-order valence-corrected chi connectivity index (χ0v) is 14.2. The molecule has 0 bridgehead atoms. The molecule has 1 aromatic heterocycles. The van der Waals surface area contributed by atoms with E-state index in [0.717, 1.165) is 3.79 Å². The molecule has 0 aliphatic heterocycles. The van der Waals surface area contributed by atoms with Crippen LogP contribution >= 0.6 is 27.3 Å². The SMILES string of the molecule is CCN(CCC(=O)O)C(=O)C(C)NC(=O)c1ccc(Br)s1. The molecule has 0 saturated heterocycles. The summed E-state index contributed by atoms with van der Waals surface area (Å²) >= 11 is 4.55. The number of aliphatic carboxylic acids is 1. The minimum atomic E-state index is -0.957. The number of hydrogen-bond acceptors (Lipinski definition) is 4. The first kappa shape index (κ1) is 17.6.